The molecule has 6 heteroatoms. The van der Waals surface area contributed by atoms with Gasteiger partial charge in [0, 0.05) is 44.1 Å². The van der Waals surface area contributed by atoms with Crippen molar-refractivity contribution in [1.82, 2.24) is 14.2 Å². The summed E-state index contributed by atoms with van der Waals surface area (Å²) in [4.78, 5) is 2.32. The number of nitrogens with zero attached hydrogens (tertiary/aromatic N) is 2. The second kappa shape index (κ2) is 6.94. The number of aryl methyl sites for hydroxylation is 1. The third-order valence-electron chi connectivity index (χ3n) is 3.91. The Bertz CT molecular complexity index is 551. The monoisotopic (exact) mass is 313 g/mol. The molecule has 2 heterocycles. The molecular formula is C15H27N3O2S. The highest BCUT2D eigenvalue weighted by atomic mass is 32.2. The number of nitrogens with one attached hydrogen (secondary N) is 1. The minimum Gasteiger partial charge on any atom is -0.350 e. The fraction of sp³-hybridized carbons (Fsp3) is 0.733. The first-order chi connectivity index (χ1) is 9.83. The molecule has 1 aromatic rings. The standard InChI is InChI=1S/C15H27N3O2S/c1-13(2)6-10-18-8-4-5-15(18)12-17-9-7-14(11-17)16-21(3,19)20/h4-5,8,13-14,16H,6-7,9-12H2,1-3H3. The van der Waals surface area contributed by atoms with Gasteiger partial charge in [-0.1, -0.05) is 13.8 Å². The van der Waals surface area contributed by atoms with E-state index in [1.54, 1.807) is 0 Å². The number of likely N-dealkylation sites (tertiary alicyclic amines) is 1. The molecule has 1 fully saturated rings. The largest absolute Gasteiger partial charge is 0.350 e. The Kier molecular flexibility index (Phi) is 5.46. The minimum atomic E-state index is -3.10. The van der Waals surface area contributed by atoms with E-state index in [2.05, 4.69) is 46.4 Å². The van der Waals surface area contributed by atoms with Crippen molar-refractivity contribution in [1.29, 1.82) is 0 Å². The van der Waals surface area contributed by atoms with Gasteiger partial charge in [0.2, 0.25) is 10.0 Å². The second-order valence-corrected chi connectivity index (χ2v) is 8.27. The average molecular weight is 313 g/mol. The number of hydrogen-bond donors (Lipinski definition) is 1. The summed E-state index contributed by atoms with van der Waals surface area (Å²) in [6.07, 6.45) is 5.44. The van der Waals surface area contributed by atoms with Gasteiger partial charge in [0.15, 0.2) is 0 Å². The first-order valence-corrected chi connectivity index (χ1v) is 9.56. The van der Waals surface area contributed by atoms with Crippen LogP contribution in [0.4, 0.5) is 0 Å². The lowest BCUT2D eigenvalue weighted by molar-refractivity contribution is 0.313. The van der Waals surface area contributed by atoms with E-state index in [0.29, 0.717) is 5.92 Å². The maximum absolute atomic E-state index is 11.3. The summed E-state index contributed by atoms with van der Waals surface area (Å²) in [6, 6.07) is 4.31. The minimum absolute atomic E-state index is 0.0547. The molecule has 1 aromatic heterocycles. The molecule has 0 radical (unpaired) electrons. The first-order valence-electron chi connectivity index (χ1n) is 7.67. The van der Waals surface area contributed by atoms with E-state index >= 15 is 0 Å². The smallest absolute Gasteiger partial charge is 0.208 e. The highest BCUT2D eigenvalue weighted by molar-refractivity contribution is 7.88. The van der Waals surface area contributed by atoms with E-state index in [0.717, 1.165) is 32.6 Å². The maximum atomic E-state index is 11.3. The molecule has 120 valence electrons. The van der Waals surface area contributed by atoms with E-state index in [1.807, 2.05) is 0 Å². The highest BCUT2D eigenvalue weighted by Crippen LogP contribution is 2.15. The van der Waals surface area contributed by atoms with E-state index in [4.69, 9.17) is 0 Å². The Morgan fingerprint density at radius 3 is 2.86 bits per heavy atom. The van der Waals surface area contributed by atoms with Crippen molar-refractivity contribution in [3.05, 3.63) is 24.0 Å². The third kappa shape index (κ3) is 5.45. The molecule has 5 nitrogen and oxygen atoms in total. The van der Waals surface area contributed by atoms with Gasteiger partial charge in [-0.2, -0.15) is 0 Å². The molecule has 0 amide bonds. The predicted molar refractivity (Wildman–Crippen MR) is 85.5 cm³/mol. The van der Waals surface area contributed by atoms with Crippen LogP contribution in [0.3, 0.4) is 0 Å². The molecule has 1 N–H and O–H groups in total. The molecular weight excluding hydrogens is 286 g/mol. The van der Waals surface area contributed by atoms with Crippen LogP contribution in [-0.4, -0.2) is 43.3 Å². The summed E-state index contributed by atoms with van der Waals surface area (Å²) in [5, 5.41) is 0. The Labute approximate surface area is 128 Å². The zero-order valence-electron chi connectivity index (χ0n) is 13.2. The van der Waals surface area contributed by atoms with Gasteiger partial charge in [-0.3, -0.25) is 4.90 Å². The molecule has 1 aliphatic rings. The van der Waals surface area contributed by atoms with Gasteiger partial charge in [0.1, 0.15) is 0 Å². The summed E-state index contributed by atoms with van der Waals surface area (Å²) in [5.74, 6) is 0.704. The summed E-state index contributed by atoms with van der Waals surface area (Å²) in [6.45, 7) is 8.17. The van der Waals surface area contributed by atoms with Gasteiger partial charge in [0.05, 0.1) is 6.26 Å². The Morgan fingerprint density at radius 2 is 2.19 bits per heavy atom. The Hall–Kier alpha value is -0.850. The van der Waals surface area contributed by atoms with Gasteiger partial charge in [-0.25, -0.2) is 13.1 Å². The maximum Gasteiger partial charge on any atom is 0.208 e. The number of rotatable bonds is 7. The molecule has 2 rings (SSSR count). The van der Waals surface area contributed by atoms with Crippen molar-refractivity contribution in [2.45, 2.75) is 45.8 Å². The fourth-order valence-electron chi connectivity index (χ4n) is 2.81. The second-order valence-electron chi connectivity index (χ2n) is 6.49. The highest BCUT2D eigenvalue weighted by Gasteiger charge is 2.25. The van der Waals surface area contributed by atoms with E-state index in [-0.39, 0.29) is 6.04 Å². The molecule has 0 spiro atoms. The Morgan fingerprint density at radius 1 is 1.43 bits per heavy atom. The van der Waals surface area contributed by atoms with E-state index < -0.39 is 10.0 Å². The van der Waals surface area contributed by atoms with Crippen LogP contribution in [0, 0.1) is 5.92 Å². The van der Waals surface area contributed by atoms with Crippen LogP contribution in [0.2, 0.25) is 0 Å². The summed E-state index contributed by atoms with van der Waals surface area (Å²) in [5.41, 5.74) is 1.32. The topological polar surface area (TPSA) is 54.3 Å². The van der Waals surface area contributed by atoms with Gasteiger partial charge < -0.3 is 4.57 Å². The quantitative estimate of drug-likeness (QED) is 0.833. The lowest BCUT2D eigenvalue weighted by Crippen LogP contribution is -2.36. The average Bonchev–Trinajstić information content (AvgIpc) is 2.95. The van der Waals surface area contributed by atoms with Gasteiger partial charge in [0.25, 0.3) is 0 Å². The van der Waals surface area contributed by atoms with E-state index in [9.17, 15) is 8.42 Å². The number of aromatic nitrogens is 1. The van der Waals surface area contributed by atoms with Crippen LogP contribution >= 0.6 is 0 Å². The summed E-state index contributed by atoms with van der Waals surface area (Å²) < 4.78 is 27.6. The van der Waals surface area contributed by atoms with Crippen LogP contribution in [0.15, 0.2) is 18.3 Å². The summed E-state index contributed by atoms with van der Waals surface area (Å²) >= 11 is 0. The van der Waals surface area contributed by atoms with Crippen LogP contribution in [0.25, 0.3) is 0 Å². The van der Waals surface area contributed by atoms with Gasteiger partial charge >= 0.3 is 0 Å². The first kappa shape index (κ1) is 16.5. The van der Waals surface area contributed by atoms with Crippen LogP contribution in [-0.2, 0) is 23.1 Å². The van der Waals surface area contributed by atoms with Crippen molar-refractivity contribution >= 4 is 10.0 Å². The van der Waals surface area contributed by atoms with Crippen molar-refractivity contribution in [2.24, 2.45) is 5.92 Å². The molecule has 1 atom stereocenters. The van der Waals surface area contributed by atoms with Gasteiger partial charge in [-0.05, 0) is 30.9 Å². The molecule has 1 unspecified atom stereocenters. The van der Waals surface area contributed by atoms with Crippen molar-refractivity contribution in [2.75, 3.05) is 19.3 Å². The fourth-order valence-corrected chi connectivity index (χ4v) is 3.61. The Balaban J connectivity index is 1.87. The predicted octanol–water partition coefficient (Wildman–Crippen LogP) is 1.66. The van der Waals surface area contributed by atoms with Crippen molar-refractivity contribution in [3.63, 3.8) is 0 Å². The van der Waals surface area contributed by atoms with Crippen molar-refractivity contribution in [3.8, 4) is 0 Å². The molecule has 0 saturated carbocycles. The number of hydrogen-bond acceptors (Lipinski definition) is 3. The van der Waals surface area contributed by atoms with Crippen LogP contribution < -0.4 is 4.72 Å². The normalized spacial score (nSPS) is 20.5. The molecule has 0 aliphatic carbocycles. The lowest BCUT2D eigenvalue weighted by atomic mass is 10.1. The summed E-state index contributed by atoms with van der Waals surface area (Å²) in [7, 11) is -3.10. The molecule has 0 bridgehead atoms. The van der Waals surface area contributed by atoms with E-state index in [1.165, 1.54) is 18.4 Å². The SMILES string of the molecule is CC(C)CCn1cccc1CN1CCC(NS(C)(=O)=O)C1. The third-order valence-corrected chi connectivity index (χ3v) is 4.67. The van der Waals surface area contributed by atoms with Gasteiger partial charge in [-0.15, -0.1) is 0 Å². The zero-order chi connectivity index (χ0) is 15.5. The van der Waals surface area contributed by atoms with Crippen LogP contribution in [0.1, 0.15) is 32.4 Å². The zero-order valence-corrected chi connectivity index (χ0v) is 14.1. The van der Waals surface area contributed by atoms with Crippen molar-refractivity contribution < 1.29 is 8.42 Å². The molecule has 21 heavy (non-hydrogen) atoms. The molecule has 1 aliphatic heterocycles. The lowest BCUT2D eigenvalue weighted by Gasteiger charge is -2.18. The molecule has 1 saturated heterocycles. The molecule has 0 aromatic carbocycles. The number of sulfonamides is 1. The van der Waals surface area contributed by atoms with Crippen LogP contribution in [0.5, 0.6) is 0 Å².